The highest BCUT2D eigenvalue weighted by atomic mass is 19.3. The third kappa shape index (κ3) is 6.15. The highest BCUT2D eigenvalue weighted by Crippen LogP contribution is 2.37. The second-order valence-corrected chi connectivity index (χ2v) is 10.6. The lowest BCUT2D eigenvalue weighted by atomic mass is 10.00. The van der Waals surface area contributed by atoms with E-state index in [1.807, 2.05) is 6.07 Å². The molecule has 3 amide bonds. The summed E-state index contributed by atoms with van der Waals surface area (Å²) < 4.78 is 42.0. The van der Waals surface area contributed by atoms with Crippen LogP contribution in [0.4, 0.5) is 20.2 Å². The van der Waals surface area contributed by atoms with Gasteiger partial charge in [0.25, 0.3) is 17.7 Å². The number of fused-ring (bicyclic) bond motifs is 1. The number of rotatable bonds is 10. The number of benzene rings is 3. The molecular formula is C33H30F2N6O5. The number of hydrogen-bond donors (Lipinski definition) is 1. The third-order valence-electron chi connectivity index (χ3n) is 7.67. The number of likely N-dealkylation sites (N-methyl/N-ethyl adjacent to an activating group) is 1. The van der Waals surface area contributed by atoms with Crippen LogP contribution in [0.3, 0.4) is 0 Å². The maximum absolute atomic E-state index is 15.2. The number of ether oxygens (including phenoxy) is 2. The number of nitriles is 1. The van der Waals surface area contributed by atoms with Gasteiger partial charge >= 0.3 is 0 Å². The number of carbonyl (C=O) groups excluding carboxylic acids is 3. The lowest BCUT2D eigenvalue weighted by molar-refractivity contribution is -0.134. The highest BCUT2D eigenvalue weighted by Gasteiger charge is 2.38. The van der Waals surface area contributed by atoms with Crippen molar-refractivity contribution >= 4 is 29.1 Å². The lowest BCUT2D eigenvalue weighted by Gasteiger charge is -2.36. The van der Waals surface area contributed by atoms with Crippen molar-refractivity contribution in [2.75, 3.05) is 51.2 Å². The molecule has 1 aromatic heterocycles. The number of nitrogens with one attached hydrogen (secondary N) is 1. The van der Waals surface area contributed by atoms with Gasteiger partial charge in [0.15, 0.2) is 5.69 Å². The van der Waals surface area contributed by atoms with Gasteiger partial charge in [0.2, 0.25) is 5.91 Å². The Morgan fingerprint density at radius 1 is 1.09 bits per heavy atom. The number of anilines is 2. The monoisotopic (exact) mass is 628 g/mol. The Bertz CT molecular complexity index is 1800. The van der Waals surface area contributed by atoms with E-state index in [2.05, 4.69) is 10.4 Å². The molecule has 46 heavy (non-hydrogen) atoms. The molecule has 0 radical (unpaired) electrons. The first-order valence-electron chi connectivity index (χ1n) is 14.1. The van der Waals surface area contributed by atoms with Crippen LogP contribution in [-0.2, 0) is 15.5 Å². The molecule has 1 unspecified atom stereocenters. The van der Waals surface area contributed by atoms with Crippen LogP contribution < -0.4 is 15.0 Å². The van der Waals surface area contributed by atoms with Gasteiger partial charge in [-0.15, -0.1) is 0 Å². The summed E-state index contributed by atoms with van der Waals surface area (Å²) in [5.41, 5.74) is 0.355. The van der Waals surface area contributed by atoms with Crippen LogP contribution in [0.2, 0.25) is 0 Å². The molecule has 1 aliphatic rings. The van der Waals surface area contributed by atoms with Crippen LogP contribution in [-0.4, -0.2) is 73.4 Å². The van der Waals surface area contributed by atoms with Gasteiger partial charge in [0.1, 0.15) is 18.4 Å². The first-order valence-corrected chi connectivity index (χ1v) is 14.1. The Labute approximate surface area is 263 Å². The second-order valence-electron chi connectivity index (χ2n) is 10.6. The standard InChI is InChI=1S/C33H30F2N6O5/c1-39(29(42)20-45-2)18-26-19-40(25-12-10-24(11-13-25)33(34,35)23-7-5-4-6-8-23)32(44)30-27(17-37-41(26)30)38-31(43)21-9-14-28(46-3)22(15-21)16-36/h4-15,17,26H,18-20H2,1-3H3,(H,38,43). The van der Waals surface area contributed by atoms with Crippen molar-refractivity contribution in [1.82, 2.24) is 14.7 Å². The Kier molecular flexibility index (Phi) is 9.11. The summed E-state index contributed by atoms with van der Waals surface area (Å²) in [6.07, 6.45) is 1.33. The fourth-order valence-corrected chi connectivity index (χ4v) is 5.25. The summed E-state index contributed by atoms with van der Waals surface area (Å²) in [6, 6.07) is 18.6. The fourth-order valence-electron chi connectivity index (χ4n) is 5.25. The smallest absolute Gasteiger partial charge is 0.298 e. The van der Waals surface area contributed by atoms with E-state index in [4.69, 9.17) is 9.47 Å². The predicted molar refractivity (Wildman–Crippen MR) is 164 cm³/mol. The topological polar surface area (TPSA) is 130 Å². The predicted octanol–water partition coefficient (Wildman–Crippen LogP) is 4.46. The number of hydrogen-bond acceptors (Lipinski definition) is 7. The number of amides is 3. The SMILES string of the molecule is COCC(=O)N(C)CC1CN(c2ccc(C(F)(F)c3ccccc3)cc2)C(=O)c2c(NC(=O)c3ccc(OC)c(C#N)c3)cnn21. The van der Waals surface area contributed by atoms with Gasteiger partial charge in [0.05, 0.1) is 37.1 Å². The zero-order chi connectivity index (χ0) is 33.0. The van der Waals surface area contributed by atoms with Gasteiger partial charge in [-0.1, -0.05) is 42.5 Å². The van der Waals surface area contributed by atoms with E-state index in [-0.39, 0.29) is 59.2 Å². The third-order valence-corrected chi connectivity index (χ3v) is 7.67. The molecule has 0 fully saturated rings. The van der Waals surface area contributed by atoms with Gasteiger partial charge in [-0.05, 0) is 30.3 Å². The quantitative estimate of drug-likeness (QED) is 0.275. The molecular weight excluding hydrogens is 598 g/mol. The average Bonchev–Trinajstić information content (AvgIpc) is 3.50. The minimum absolute atomic E-state index is 0.0323. The fraction of sp³-hybridized carbons (Fsp3) is 0.242. The normalized spacial score (nSPS) is 14.3. The molecule has 2 heterocycles. The van der Waals surface area contributed by atoms with Crippen LogP contribution in [0.15, 0.2) is 79.0 Å². The van der Waals surface area contributed by atoms with E-state index < -0.39 is 23.8 Å². The van der Waals surface area contributed by atoms with E-state index in [1.165, 1.54) is 102 Å². The van der Waals surface area contributed by atoms with Crippen molar-refractivity contribution in [1.29, 1.82) is 5.26 Å². The van der Waals surface area contributed by atoms with Crippen molar-refractivity contribution in [3.63, 3.8) is 0 Å². The highest BCUT2D eigenvalue weighted by molar-refractivity contribution is 6.13. The van der Waals surface area contributed by atoms with Gasteiger partial charge in [-0.2, -0.15) is 19.1 Å². The summed E-state index contributed by atoms with van der Waals surface area (Å²) in [5.74, 6) is -4.40. The second kappa shape index (κ2) is 13.2. The Morgan fingerprint density at radius 2 is 1.78 bits per heavy atom. The van der Waals surface area contributed by atoms with Crippen molar-refractivity contribution < 1.29 is 32.6 Å². The number of methoxy groups -OCH3 is 2. The molecule has 5 rings (SSSR count). The molecule has 0 saturated heterocycles. The Hall–Kier alpha value is -5.61. The number of halogens is 2. The summed E-state index contributed by atoms with van der Waals surface area (Å²) in [5, 5.41) is 16.5. The van der Waals surface area contributed by atoms with Crippen molar-refractivity contribution in [2.24, 2.45) is 0 Å². The summed E-state index contributed by atoms with van der Waals surface area (Å²) in [6.45, 7) is 0.0366. The minimum atomic E-state index is -3.26. The van der Waals surface area contributed by atoms with Gasteiger partial charge < -0.3 is 24.6 Å². The van der Waals surface area contributed by atoms with E-state index >= 15 is 8.78 Å². The molecule has 1 aliphatic heterocycles. The molecule has 4 aromatic rings. The zero-order valence-corrected chi connectivity index (χ0v) is 25.2. The molecule has 0 bridgehead atoms. The average molecular weight is 629 g/mol. The molecule has 0 spiro atoms. The van der Waals surface area contributed by atoms with Crippen LogP contribution in [0.5, 0.6) is 5.75 Å². The number of nitrogens with zero attached hydrogens (tertiary/aromatic N) is 5. The summed E-state index contributed by atoms with van der Waals surface area (Å²) in [7, 11) is 4.40. The number of carbonyl (C=O) groups is 3. The molecule has 13 heteroatoms. The van der Waals surface area contributed by atoms with Gasteiger partial charge in [-0.3, -0.25) is 19.1 Å². The van der Waals surface area contributed by atoms with Crippen molar-refractivity contribution in [3.05, 3.63) is 107 Å². The zero-order valence-electron chi connectivity index (χ0n) is 25.2. The van der Waals surface area contributed by atoms with Crippen LogP contribution in [0.1, 0.15) is 43.6 Å². The van der Waals surface area contributed by atoms with E-state index in [1.54, 1.807) is 13.1 Å². The minimum Gasteiger partial charge on any atom is -0.495 e. The Morgan fingerprint density at radius 3 is 2.43 bits per heavy atom. The van der Waals surface area contributed by atoms with Crippen molar-refractivity contribution in [2.45, 2.75) is 12.0 Å². The van der Waals surface area contributed by atoms with E-state index in [0.717, 1.165) is 0 Å². The van der Waals surface area contributed by atoms with Gasteiger partial charge in [-0.25, -0.2) is 0 Å². The van der Waals surface area contributed by atoms with Crippen molar-refractivity contribution in [3.8, 4) is 11.8 Å². The lowest BCUT2D eigenvalue weighted by Crippen LogP contribution is -2.48. The summed E-state index contributed by atoms with van der Waals surface area (Å²) >= 11 is 0. The first kappa shape index (κ1) is 31.8. The van der Waals surface area contributed by atoms with Crippen LogP contribution in [0, 0.1) is 11.3 Å². The maximum atomic E-state index is 15.2. The molecule has 0 aliphatic carbocycles. The number of alkyl halides is 2. The maximum Gasteiger partial charge on any atom is 0.298 e. The molecule has 3 aromatic carbocycles. The summed E-state index contributed by atoms with van der Waals surface area (Å²) in [4.78, 5) is 42.6. The molecule has 11 nitrogen and oxygen atoms in total. The number of aromatic nitrogens is 2. The Balaban J connectivity index is 1.48. The molecule has 236 valence electrons. The largest absolute Gasteiger partial charge is 0.495 e. The van der Waals surface area contributed by atoms with Gasteiger partial charge in [0, 0.05) is 43.1 Å². The van der Waals surface area contributed by atoms with Crippen LogP contribution in [0.25, 0.3) is 0 Å². The van der Waals surface area contributed by atoms with Crippen LogP contribution >= 0.6 is 0 Å². The molecule has 1 atom stereocenters. The first-order chi connectivity index (χ1) is 22.1. The van der Waals surface area contributed by atoms with E-state index in [9.17, 15) is 19.6 Å². The molecule has 1 N–H and O–H groups in total. The van der Waals surface area contributed by atoms with E-state index in [0.29, 0.717) is 11.4 Å². The molecule has 0 saturated carbocycles.